The van der Waals surface area contributed by atoms with E-state index in [-0.39, 0.29) is 0 Å². The van der Waals surface area contributed by atoms with E-state index in [0.717, 1.165) is 0 Å². The van der Waals surface area contributed by atoms with Gasteiger partial charge in [-0.25, -0.2) is 0 Å². The van der Waals surface area contributed by atoms with Crippen LogP contribution in [0.1, 0.15) is 24.3 Å². The standard InChI is InChI=1S/C9H15NS/c1-4-8(10(2)3)9-6-5-7-11-9/h5-8H,4H2,1-3H3. The zero-order chi connectivity index (χ0) is 8.27. The number of hydrogen-bond acceptors (Lipinski definition) is 2. The molecule has 1 aromatic rings. The average molecular weight is 169 g/mol. The van der Waals surface area contributed by atoms with Gasteiger partial charge in [0.1, 0.15) is 0 Å². The molecule has 1 unspecified atom stereocenters. The van der Waals surface area contributed by atoms with E-state index in [2.05, 4.69) is 43.4 Å². The Kier molecular flexibility index (Phi) is 3.09. The third-order valence-electron chi connectivity index (χ3n) is 1.88. The molecule has 1 nitrogen and oxygen atoms in total. The third kappa shape index (κ3) is 2.04. The number of rotatable bonds is 3. The van der Waals surface area contributed by atoms with Gasteiger partial charge in [-0.1, -0.05) is 13.0 Å². The van der Waals surface area contributed by atoms with E-state index in [1.165, 1.54) is 11.3 Å². The van der Waals surface area contributed by atoms with E-state index in [9.17, 15) is 0 Å². The maximum absolute atomic E-state index is 2.27. The summed E-state index contributed by atoms with van der Waals surface area (Å²) in [6.45, 7) is 2.23. The van der Waals surface area contributed by atoms with Crippen LogP contribution < -0.4 is 0 Å². The summed E-state index contributed by atoms with van der Waals surface area (Å²) in [5.41, 5.74) is 0. The van der Waals surface area contributed by atoms with Crippen molar-refractivity contribution < 1.29 is 0 Å². The molecule has 1 rings (SSSR count). The van der Waals surface area contributed by atoms with Gasteiger partial charge in [-0.05, 0) is 32.0 Å². The van der Waals surface area contributed by atoms with E-state index in [1.807, 2.05) is 11.3 Å². The summed E-state index contributed by atoms with van der Waals surface area (Å²) in [6, 6.07) is 4.93. The maximum atomic E-state index is 2.27. The topological polar surface area (TPSA) is 3.24 Å². The molecular formula is C9H15NS. The second-order valence-electron chi connectivity index (χ2n) is 2.90. The molecule has 0 fully saturated rings. The molecule has 0 N–H and O–H groups in total. The molecule has 0 bridgehead atoms. The van der Waals surface area contributed by atoms with Gasteiger partial charge in [-0.2, -0.15) is 0 Å². The second kappa shape index (κ2) is 3.88. The highest BCUT2D eigenvalue weighted by Gasteiger charge is 2.11. The van der Waals surface area contributed by atoms with Crippen LogP contribution in [0.3, 0.4) is 0 Å². The van der Waals surface area contributed by atoms with Crippen molar-refractivity contribution in [1.29, 1.82) is 0 Å². The smallest absolute Gasteiger partial charge is 0.0432 e. The van der Waals surface area contributed by atoms with Crippen LogP contribution in [0.15, 0.2) is 17.5 Å². The van der Waals surface area contributed by atoms with Crippen molar-refractivity contribution >= 4 is 11.3 Å². The first kappa shape index (κ1) is 8.75. The fourth-order valence-corrected chi connectivity index (χ4v) is 2.31. The van der Waals surface area contributed by atoms with Gasteiger partial charge in [-0.15, -0.1) is 11.3 Å². The molecule has 0 aliphatic rings. The van der Waals surface area contributed by atoms with Crippen LogP contribution in [0, 0.1) is 0 Å². The monoisotopic (exact) mass is 169 g/mol. The summed E-state index contributed by atoms with van der Waals surface area (Å²) in [5, 5.41) is 2.14. The summed E-state index contributed by atoms with van der Waals surface area (Å²) in [5.74, 6) is 0. The van der Waals surface area contributed by atoms with Crippen molar-refractivity contribution in [2.24, 2.45) is 0 Å². The van der Waals surface area contributed by atoms with Gasteiger partial charge in [0.25, 0.3) is 0 Å². The summed E-state index contributed by atoms with van der Waals surface area (Å²) in [7, 11) is 4.27. The molecule has 62 valence electrons. The largest absolute Gasteiger partial charge is 0.302 e. The first-order valence-corrected chi connectivity index (χ1v) is 4.83. The lowest BCUT2D eigenvalue weighted by atomic mass is 10.2. The van der Waals surface area contributed by atoms with Crippen molar-refractivity contribution in [3.05, 3.63) is 22.4 Å². The molecule has 0 amide bonds. The van der Waals surface area contributed by atoms with Gasteiger partial charge >= 0.3 is 0 Å². The molecule has 0 spiro atoms. The highest BCUT2D eigenvalue weighted by Crippen LogP contribution is 2.25. The normalized spacial score (nSPS) is 13.8. The van der Waals surface area contributed by atoms with Gasteiger partial charge in [0.15, 0.2) is 0 Å². The van der Waals surface area contributed by atoms with Crippen molar-refractivity contribution in [3.8, 4) is 0 Å². The average Bonchev–Trinajstić information content (AvgIpc) is 2.40. The molecule has 0 saturated heterocycles. The Morgan fingerprint density at radius 1 is 1.55 bits per heavy atom. The van der Waals surface area contributed by atoms with Gasteiger partial charge < -0.3 is 4.90 Å². The Morgan fingerprint density at radius 2 is 2.27 bits per heavy atom. The van der Waals surface area contributed by atoms with Gasteiger partial charge in [-0.3, -0.25) is 0 Å². The molecule has 0 radical (unpaired) electrons. The van der Waals surface area contributed by atoms with Crippen LogP contribution >= 0.6 is 11.3 Å². The van der Waals surface area contributed by atoms with E-state index in [4.69, 9.17) is 0 Å². The second-order valence-corrected chi connectivity index (χ2v) is 3.88. The van der Waals surface area contributed by atoms with Gasteiger partial charge in [0.05, 0.1) is 0 Å². The van der Waals surface area contributed by atoms with Crippen LogP contribution in [0.25, 0.3) is 0 Å². The minimum atomic E-state index is 0.606. The Bertz CT molecular complexity index is 191. The molecule has 1 aromatic heterocycles. The highest BCUT2D eigenvalue weighted by atomic mass is 32.1. The van der Waals surface area contributed by atoms with E-state index in [0.29, 0.717) is 6.04 Å². The predicted octanol–water partition coefficient (Wildman–Crippen LogP) is 2.76. The van der Waals surface area contributed by atoms with Crippen molar-refractivity contribution in [2.45, 2.75) is 19.4 Å². The van der Waals surface area contributed by atoms with Crippen LogP contribution in [-0.2, 0) is 0 Å². The van der Waals surface area contributed by atoms with Crippen LogP contribution in [0.2, 0.25) is 0 Å². The maximum Gasteiger partial charge on any atom is 0.0432 e. The van der Waals surface area contributed by atoms with Crippen LogP contribution in [-0.4, -0.2) is 19.0 Å². The first-order chi connectivity index (χ1) is 5.25. The molecule has 0 saturated carbocycles. The van der Waals surface area contributed by atoms with Crippen molar-refractivity contribution in [3.63, 3.8) is 0 Å². The molecule has 2 heteroatoms. The first-order valence-electron chi connectivity index (χ1n) is 3.95. The number of thiophene rings is 1. The van der Waals surface area contributed by atoms with Crippen LogP contribution in [0.4, 0.5) is 0 Å². The molecule has 1 atom stereocenters. The van der Waals surface area contributed by atoms with Gasteiger partial charge in [0, 0.05) is 10.9 Å². The summed E-state index contributed by atoms with van der Waals surface area (Å²) < 4.78 is 0. The molecule has 1 heterocycles. The number of hydrogen-bond donors (Lipinski definition) is 0. The minimum Gasteiger partial charge on any atom is -0.302 e. The Hall–Kier alpha value is -0.340. The Balaban J connectivity index is 2.71. The fourth-order valence-electron chi connectivity index (χ4n) is 1.30. The van der Waals surface area contributed by atoms with Crippen molar-refractivity contribution in [1.82, 2.24) is 4.90 Å². The summed E-state index contributed by atoms with van der Waals surface area (Å²) in [4.78, 5) is 3.74. The SMILES string of the molecule is CCC(c1cccs1)N(C)C. The van der Waals surface area contributed by atoms with E-state index < -0.39 is 0 Å². The minimum absolute atomic E-state index is 0.606. The molecule has 11 heavy (non-hydrogen) atoms. The molecule has 0 aliphatic carbocycles. The zero-order valence-corrected chi connectivity index (χ0v) is 8.19. The molecule has 0 aliphatic heterocycles. The lowest BCUT2D eigenvalue weighted by Crippen LogP contribution is -2.17. The quantitative estimate of drug-likeness (QED) is 0.672. The summed E-state index contributed by atoms with van der Waals surface area (Å²) >= 11 is 1.84. The van der Waals surface area contributed by atoms with E-state index in [1.54, 1.807) is 0 Å². The zero-order valence-electron chi connectivity index (χ0n) is 7.37. The van der Waals surface area contributed by atoms with E-state index >= 15 is 0 Å². The summed E-state index contributed by atoms with van der Waals surface area (Å²) in [6.07, 6.45) is 1.19. The van der Waals surface area contributed by atoms with Gasteiger partial charge in [0.2, 0.25) is 0 Å². The third-order valence-corrected chi connectivity index (χ3v) is 2.86. The fraction of sp³-hybridized carbons (Fsp3) is 0.556. The lowest BCUT2D eigenvalue weighted by molar-refractivity contribution is 0.296. The Labute approximate surface area is 72.7 Å². The number of nitrogens with zero attached hydrogens (tertiary/aromatic N) is 1. The highest BCUT2D eigenvalue weighted by molar-refractivity contribution is 7.10. The van der Waals surface area contributed by atoms with Crippen molar-refractivity contribution in [2.75, 3.05) is 14.1 Å². The lowest BCUT2D eigenvalue weighted by Gasteiger charge is -2.21. The predicted molar refractivity (Wildman–Crippen MR) is 51.0 cm³/mol. The molecule has 0 aromatic carbocycles. The molecular weight excluding hydrogens is 154 g/mol. The Morgan fingerprint density at radius 3 is 2.64 bits per heavy atom. The van der Waals surface area contributed by atoms with Crippen LogP contribution in [0.5, 0.6) is 0 Å².